The molecule has 7 heteroatoms. The molecule has 2 aromatic carbocycles. The van der Waals surface area contributed by atoms with Crippen molar-refractivity contribution >= 4 is 29.9 Å². The lowest BCUT2D eigenvalue weighted by Crippen LogP contribution is -2.38. The number of aromatic nitrogens is 2. The van der Waals surface area contributed by atoms with Gasteiger partial charge in [0.05, 0.1) is 18.5 Å². The summed E-state index contributed by atoms with van der Waals surface area (Å²) in [7, 11) is 3.50. The van der Waals surface area contributed by atoms with Gasteiger partial charge in [-0.15, -0.1) is 24.0 Å². The molecule has 0 saturated carbocycles. The number of rotatable bonds is 7. The first kappa shape index (κ1) is 24.7. The summed E-state index contributed by atoms with van der Waals surface area (Å²) in [4.78, 5) is 4.38. The number of nitrogens with one attached hydrogen (secondary N) is 2. The first-order chi connectivity index (χ1) is 14.5. The molecule has 0 aliphatic carbocycles. The van der Waals surface area contributed by atoms with Crippen molar-refractivity contribution in [3.63, 3.8) is 0 Å². The minimum atomic E-state index is 0. The van der Waals surface area contributed by atoms with Gasteiger partial charge >= 0.3 is 0 Å². The molecule has 1 heterocycles. The van der Waals surface area contributed by atoms with E-state index >= 15 is 0 Å². The highest BCUT2D eigenvalue weighted by molar-refractivity contribution is 14.0. The minimum Gasteiger partial charge on any atom is -0.496 e. The molecule has 0 fully saturated rings. The van der Waals surface area contributed by atoms with E-state index in [1.54, 1.807) is 14.2 Å². The van der Waals surface area contributed by atoms with Crippen molar-refractivity contribution in [2.45, 2.75) is 33.2 Å². The molecule has 1 unspecified atom stereocenters. The molecule has 1 atom stereocenters. The van der Waals surface area contributed by atoms with E-state index in [4.69, 9.17) is 4.74 Å². The van der Waals surface area contributed by atoms with Crippen LogP contribution in [0.25, 0.3) is 5.69 Å². The molecule has 0 saturated heterocycles. The lowest BCUT2D eigenvalue weighted by molar-refractivity contribution is 0.406. The summed E-state index contributed by atoms with van der Waals surface area (Å²) in [6.07, 6.45) is 0. The maximum Gasteiger partial charge on any atom is 0.191 e. The number of hydrogen-bond acceptors (Lipinski definition) is 3. The zero-order valence-electron chi connectivity index (χ0n) is 18.8. The van der Waals surface area contributed by atoms with Crippen LogP contribution in [0, 0.1) is 13.8 Å². The standard InChI is InChI=1S/C24H31N5O.HI/c1-17(21-11-7-9-13-23(21)30-5)15-26-24(25-4)27-16-20-10-6-8-12-22(20)29-19(3)14-18(2)28-29;/h6-14,17H,15-16H2,1-5H3,(H2,25,26,27);1H. The number of ether oxygens (including phenoxy) is 1. The summed E-state index contributed by atoms with van der Waals surface area (Å²) < 4.78 is 7.48. The monoisotopic (exact) mass is 533 g/mol. The third-order valence-electron chi connectivity index (χ3n) is 5.14. The van der Waals surface area contributed by atoms with Gasteiger partial charge < -0.3 is 15.4 Å². The van der Waals surface area contributed by atoms with Crippen LogP contribution < -0.4 is 15.4 Å². The van der Waals surface area contributed by atoms with Crippen LogP contribution in [0.4, 0.5) is 0 Å². The Bertz CT molecular complexity index is 1010. The molecule has 0 aliphatic heterocycles. The van der Waals surface area contributed by atoms with Crippen molar-refractivity contribution < 1.29 is 4.74 Å². The normalized spacial score (nSPS) is 12.1. The topological polar surface area (TPSA) is 63.5 Å². The van der Waals surface area contributed by atoms with Crippen molar-refractivity contribution in [3.05, 3.63) is 77.1 Å². The molecule has 0 spiro atoms. The number of halogens is 1. The second-order valence-corrected chi connectivity index (χ2v) is 7.42. The Kier molecular flexibility index (Phi) is 9.36. The smallest absolute Gasteiger partial charge is 0.191 e. The van der Waals surface area contributed by atoms with Gasteiger partial charge in [-0.25, -0.2) is 4.68 Å². The van der Waals surface area contributed by atoms with Crippen LogP contribution in [-0.4, -0.2) is 36.4 Å². The third kappa shape index (κ3) is 6.22. The van der Waals surface area contributed by atoms with Crippen LogP contribution in [0.2, 0.25) is 0 Å². The lowest BCUT2D eigenvalue weighted by Gasteiger charge is -2.19. The molecule has 0 bridgehead atoms. The quantitative estimate of drug-likeness (QED) is 0.265. The van der Waals surface area contributed by atoms with Crippen molar-refractivity contribution in [1.29, 1.82) is 0 Å². The maximum atomic E-state index is 5.49. The van der Waals surface area contributed by atoms with Gasteiger partial charge in [-0.3, -0.25) is 4.99 Å². The van der Waals surface area contributed by atoms with Crippen LogP contribution in [0.5, 0.6) is 5.75 Å². The summed E-state index contributed by atoms with van der Waals surface area (Å²) in [6, 6.07) is 18.5. The van der Waals surface area contributed by atoms with Gasteiger partial charge in [0.2, 0.25) is 0 Å². The van der Waals surface area contributed by atoms with Crippen LogP contribution in [0.3, 0.4) is 0 Å². The number of hydrogen-bond donors (Lipinski definition) is 2. The molecular formula is C24H32IN5O. The van der Waals surface area contributed by atoms with Gasteiger partial charge in [-0.1, -0.05) is 43.3 Å². The Labute approximate surface area is 202 Å². The van der Waals surface area contributed by atoms with E-state index in [2.05, 4.69) is 58.8 Å². The zero-order valence-corrected chi connectivity index (χ0v) is 21.2. The largest absolute Gasteiger partial charge is 0.496 e. The summed E-state index contributed by atoms with van der Waals surface area (Å²) in [5.74, 6) is 1.95. The second kappa shape index (κ2) is 11.7. The molecule has 31 heavy (non-hydrogen) atoms. The average Bonchev–Trinajstić information content (AvgIpc) is 3.11. The highest BCUT2D eigenvalue weighted by atomic mass is 127. The fourth-order valence-electron chi connectivity index (χ4n) is 3.57. The van der Waals surface area contributed by atoms with E-state index in [1.807, 2.05) is 41.9 Å². The number of guanidine groups is 1. The van der Waals surface area contributed by atoms with E-state index in [-0.39, 0.29) is 29.9 Å². The number of methoxy groups -OCH3 is 1. The van der Waals surface area contributed by atoms with Gasteiger partial charge in [0.1, 0.15) is 5.75 Å². The molecule has 0 aliphatic rings. The van der Waals surface area contributed by atoms with Gasteiger partial charge in [0, 0.05) is 31.7 Å². The van der Waals surface area contributed by atoms with Crippen LogP contribution in [0.1, 0.15) is 35.4 Å². The van der Waals surface area contributed by atoms with Crippen molar-refractivity contribution in [2.24, 2.45) is 4.99 Å². The number of benzene rings is 2. The Balaban J connectivity index is 0.00000341. The Morgan fingerprint density at radius 1 is 1.10 bits per heavy atom. The molecule has 6 nitrogen and oxygen atoms in total. The van der Waals surface area contributed by atoms with E-state index in [1.165, 1.54) is 5.56 Å². The highest BCUT2D eigenvalue weighted by Crippen LogP contribution is 2.25. The Hall–Kier alpha value is -2.55. The molecule has 0 amide bonds. The van der Waals surface area contributed by atoms with Crippen molar-refractivity contribution in [3.8, 4) is 11.4 Å². The third-order valence-corrected chi connectivity index (χ3v) is 5.14. The van der Waals surface area contributed by atoms with Crippen LogP contribution in [0.15, 0.2) is 59.6 Å². The predicted octanol–water partition coefficient (Wildman–Crippen LogP) is 4.58. The Morgan fingerprint density at radius 2 is 1.81 bits per heavy atom. The summed E-state index contributed by atoms with van der Waals surface area (Å²) in [5, 5.41) is 11.5. The summed E-state index contributed by atoms with van der Waals surface area (Å²) >= 11 is 0. The first-order valence-electron chi connectivity index (χ1n) is 10.2. The van der Waals surface area contributed by atoms with Gasteiger partial charge in [0.25, 0.3) is 0 Å². The van der Waals surface area contributed by atoms with Gasteiger partial charge in [0.15, 0.2) is 5.96 Å². The van der Waals surface area contributed by atoms with Crippen molar-refractivity contribution in [1.82, 2.24) is 20.4 Å². The average molecular weight is 533 g/mol. The van der Waals surface area contributed by atoms with E-state index < -0.39 is 0 Å². The van der Waals surface area contributed by atoms with E-state index in [9.17, 15) is 0 Å². The molecule has 3 aromatic rings. The van der Waals surface area contributed by atoms with Crippen molar-refractivity contribution in [2.75, 3.05) is 20.7 Å². The molecule has 3 rings (SSSR count). The second-order valence-electron chi connectivity index (χ2n) is 7.42. The number of aliphatic imine (C=N–C) groups is 1. The zero-order chi connectivity index (χ0) is 21.5. The maximum absolute atomic E-state index is 5.49. The summed E-state index contributed by atoms with van der Waals surface area (Å²) in [5.41, 5.74) is 5.54. The van der Waals surface area contributed by atoms with E-state index in [0.29, 0.717) is 6.54 Å². The van der Waals surface area contributed by atoms with E-state index in [0.717, 1.165) is 40.9 Å². The molecular weight excluding hydrogens is 501 g/mol. The highest BCUT2D eigenvalue weighted by Gasteiger charge is 2.12. The first-order valence-corrected chi connectivity index (χ1v) is 10.2. The molecule has 2 N–H and O–H groups in total. The fourth-order valence-corrected chi connectivity index (χ4v) is 3.57. The van der Waals surface area contributed by atoms with Crippen LogP contribution >= 0.6 is 24.0 Å². The fraction of sp³-hybridized carbons (Fsp3) is 0.333. The van der Waals surface area contributed by atoms with Crippen LogP contribution in [-0.2, 0) is 6.54 Å². The number of para-hydroxylation sites is 2. The molecule has 0 radical (unpaired) electrons. The lowest BCUT2D eigenvalue weighted by atomic mass is 10.0. The molecule has 166 valence electrons. The predicted molar refractivity (Wildman–Crippen MR) is 138 cm³/mol. The Morgan fingerprint density at radius 3 is 2.48 bits per heavy atom. The SMILES string of the molecule is CN=C(NCc1ccccc1-n1nc(C)cc1C)NCC(C)c1ccccc1OC.I. The molecule has 1 aromatic heterocycles. The summed E-state index contributed by atoms with van der Waals surface area (Å²) in [6.45, 7) is 7.66. The van der Waals surface area contributed by atoms with Gasteiger partial charge in [-0.05, 0) is 43.2 Å². The number of aryl methyl sites for hydroxylation is 2. The number of nitrogens with zero attached hydrogens (tertiary/aromatic N) is 3. The van der Waals surface area contributed by atoms with Gasteiger partial charge in [-0.2, -0.15) is 5.10 Å². The minimum absolute atomic E-state index is 0.